The molecule has 1 aliphatic carbocycles. The molecule has 3 aliphatic rings. The van der Waals surface area contributed by atoms with E-state index in [1.54, 1.807) is 11.1 Å². The molecule has 4 heterocycles. The number of aromatic amines is 2. The van der Waals surface area contributed by atoms with Crippen LogP contribution < -0.4 is 10.7 Å². The van der Waals surface area contributed by atoms with Gasteiger partial charge in [-0.1, -0.05) is 75.2 Å². The maximum atomic E-state index is 14.0. The number of H-pyrrole nitrogens is 2. The molecule has 332 valence electrons. The lowest BCUT2D eigenvalue weighted by Crippen LogP contribution is -2.53. The van der Waals surface area contributed by atoms with Gasteiger partial charge in [0.2, 0.25) is 11.8 Å². The molecule has 8 rings (SSSR count). The Hall–Kier alpha value is -6.26. The second kappa shape index (κ2) is 18.2. The summed E-state index contributed by atoms with van der Waals surface area (Å²) in [6.07, 6.45) is 6.14. The summed E-state index contributed by atoms with van der Waals surface area (Å²) in [6.45, 7) is 8.56. The zero-order valence-corrected chi connectivity index (χ0v) is 36.6. The summed E-state index contributed by atoms with van der Waals surface area (Å²) in [4.78, 5) is 70.2. The molecule has 3 fully saturated rings. The fourth-order valence-electron chi connectivity index (χ4n) is 9.17. The van der Waals surface area contributed by atoms with Gasteiger partial charge in [-0.15, -0.1) is 0 Å². The number of imidazole rings is 2. The number of benzene rings is 3. The molecular weight excluding hydrogens is 805 g/mol. The number of aromatic nitrogens is 4. The van der Waals surface area contributed by atoms with E-state index >= 15 is 0 Å². The Morgan fingerprint density at radius 2 is 1.37 bits per heavy atom. The van der Waals surface area contributed by atoms with Gasteiger partial charge in [0.15, 0.2) is 5.79 Å². The zero-order valence-electron chi connectivity index (χ0n) is 36.6. The number of hydrogen-bond donors (Lipinski definition) is 4. The number of carbonyl (C=O) groups is 4. The molecule has 2 aromatic heterocycles. The van der Waals surface area contributed by atoms with Crippen molar-refractivity contribution in [2.45, 2.75) is 89.6 Å². The molecule has 2 aliphatic heterocycles. The number of methoxy groups -OCH3 is 2. The highest BCUT2D eigenvalue weighted by Gasteiger charge is 2.53. The van der Waals surface area contributed by atoms with Crippen LogP contribution in [-0.2, 0) is 28.5 Å². The fourth-order valence-corrected chi connectivity index (χ4v) is 9.17. The summed E-state index contributed by atoms with van der Waals surface area (Å²) in [6, 6.07) is 19.5. The minimum absolute atomic E-state index is 0.103. The first kappa shape index (κ1) is 43.4. The van der Waals surface area contributed by atoms with Gasteiger partial charge in [-0.05, 0) is 72.2 Å². The zero-order chi connectivity index (χ0) is 44.4. The Labute approximate surface area is 366 Å². The maximum absolute atomic E-state index is 14.0. The predicted molar refractivity (Wildman–Crippen MR) is 235 cm³/mol. The van der Waals surface area contributed by atoms with Gasteiger partial charge in [0, 0.05) is 29.9 Å². The third kappa shape index (κ3) is 9.00. The summed E-state index contributed by atoms with van der Waals surface area (Å²) >= 11 is 0. The van der Waals surface area contributed by atoms with Crippen molar-refractivity contribution >= 4 is 34.8 Å². The topological polar surface area (TPSA) is 193 Å². The van der Waals surface area contributed by atoms with Crippen LogP contribution in [0.2, 0.25) is 0 Å². The monoisotopic (exact) mass is 860 g/mol. The molecule has 16 heteroatoms. The van der Waals surface area contributed by atoms with Crippen molar-refractivity contribution in [3.63, 3.8) is 0 Å². The van der Waals surface area contributed by atoms with Gasteiger partial charge in [0.25, 0.3) is 0 Å². The van der Waals surface area contributed by atoms with Crippen molar-refractivity contribution in [2.75, 3.05) is 34.0 Å². The first-order valence-corrected chi connectivity index (χ1v) is 21.7. The molecule has 4 atom stereocenters. The number of amides is 4. The van der Waals surface area contributed by atoms with E-state index in [2.05, 4.69) is 69.2 Å². The van der Waals surface area contributed by atoms with Crippen molar-refractivity contribution in [3.8, 4) is 33.6 Å². The summed E-state index contributed by atoms with van der Waals surface area (Å²) < 4.78 is 21.6. The van der Waals surface area contributed by atoms with Crippen LogP contribution in [0.1, 0.15) is 83.4 Å². The van der Waals surface area contributed by atoms with Crippen molar-refractivity contribution in [1.29, 1.82) is 0 Å². The van der Waals surface area contributed by atoms with Gasteiger partial charge in [0.1, 0.15) is 17.7 Å². The molecule has 63 heavy (non-hydrogen) atoms. The number of fused-ring (bicyclic) bond motifs is 1. The number of ether oxygens (including phenoxy) is 4. The average molecular weight is 861 g/mol. The van der Waals surface area contributed by atoms with E-state index in [-0.39, 0.29) is 42.2 Å². The lowest BCUT2D eigenvalue weighted by molar-refractivity contribution is -0.153. The highest BCUT2D eigenvalue weighted by Crippen LogP contribution is 2.43. The van der Waals surface area contributed by atoms with Gasteiger partial charge in [-0.2, -0.15) is 0 Å². The van der Waals surface area contributed by atoms with Gasteiger partial charge in [-0.25, -0.2) is 30.0 Å². The molecule has 2 saturated heterocycles. The number of likely N-dealkylation sites (tertiary alicyclic amines) is 1. The van der Waals surface area contributed by atoms with E-state index in [1.165, 1.54) is 19.2 Å². The van der Waals surface area contributed by atoms with E-state index < -0.39 is 30.1 Å². The van der Waals surface area contributed by atoms with Crippen LogP contribution in [0.25, 0.3) is 44.4 Å². The summed E-state index contributed by atoms with van der Waals surface area (Å²) in [5, 5.41) is 6.25. The third-order valence-corrected chi connectivity index (χ3v) is 12.6. The van der Waals surface area contributed by atoms with Crippen molar-refractivity contribution in [3.05, 3.63) is 84.7 Å². The van der Waals surface area contributed by atoms with Crippen LogP contribution >= 0.6 is 0 Å². The Morgan fingerprint density at radius 3 is 2.03 bits per heavy atom. The molecule has 4 amide bonds. The number of nitrogens with zero attached hydrogens (tertiary/aromatic N) is 4. The van der Waals surface area contributed by atoms with E-state index in [1.807, 2.05) is 46.0 Å². The van der Waals surface area contributed by atoms with Crippen LogP contribution in [0.4, 0.5) is 9.59 Å². The summed E-state index contributed by atoms with van der Waals surface area (Å²) in [5.74, 6) is -0.564. The van der Waals surface area contributed by atoms with Crippen LogP contribution in [-0.4, -0.2) is 106 Å². The fraction of sp³-hybridized carbons (Fsp3) is 0.447. The standard InChI is InChI=1S/C47H56N8O8/c1-27(2)40(52-45(58)60-5)44(57)54-26-47(62-19-20-63-47)23-39(54)42-49-24-37(51-42)30-13-11-29(12-14-30)31-15-16-33-22-34(18-17-32(33)21-31)38-25-48-41(50-38)35-9-7-8-10-36(35)43(56)55(28(3)4)53-46(59)61-6/h11-18,21-22,24-25,27-28,35-36,39-40H,7-10,19-20,23,26H2,1-6H3,(H,48,50)(H,49,51)(H,52,58)(H,53,59)/t35?,36?,39?,40-/m0/s1. The Morgan fingerprint density at radius 1 is 0.778 bits per heavy atom. The Bertz CT molecular complexity index is 2460. The van der Waals surface area contributed by atoms with Gasteiger partial charge in [-0.3, -0.25) is 9.59 Å². The number of rotatable bonds is 10. The van der Waals surface area contributed by atoms with Crippen LogP contribution in [0, 0.1) is 11.8 Å². The van der Waals surface area contributed by atoms with Crippen LogP contribution in [0.5, 0.6) is 0 Å². The number of nitrogens with one attached hydrogen (secondary N) is 4. The Balaban J connectivity index is 0.966. The average Bonchev–Trinajstić information content (AvgIpc) is 4.14. The largest absolute Gasteiger partial charge is 0.453 e. The first-order valence-electron chi connectivity index (χ1n) is 21.7. The normalized spacial score (nSPS) is 20.0. The first-order chi connectivity index (χ1) is 30.4. The minimum atomic E-state index is -0.933. The van der Waals surface area contributed by atoms with Gasteiger partial charge in [0.05, 0.1) is 63.8 Å². The van der Waals surface area contributed by atoms with Gasteiger partial charge < -0.3 is 39.1 Å². The molecule has 5 aromatic rings. The molecule has 3 aromatic carbocycles. The molecule has 4 N–H and O–H groups in total. The number of hydrazine groups is 1. The van der Waals surface area contributed by atoms with Crippen molar-refractivity contribution < 1.29 is 38.1 Å². The lowest BCUT2D eigenvalue weighted by atomic mass is 9.78. The van der Waals surface area contributed by atoms with E-state index in [9.17, 15) is 19.2 Å². The van der Waals surface area contributed by atoms with Gasteiger partial charge >= 0.3 is 12.2 Å². The van der Waals surface area contributed by atoms with Crippen LogP contribution in [0.3, 0.4) is 0 Å². The minimum Gasteiger partial charge on any atom is -0.453 e. The van der Waals surface area contributed by atoms with E-state index in [0.29, 0.717) is 31.9 Å². The molecule has 3 unspecified atom stereocenters. The second-order valence-electron chi connectivity index (χ2n) is 17.3. The summed E-state index contributed by atoms with van der Waals surface area (Å²) in [7, 11) is 2.56. The van der Waals surface area contributed by atoms with Crippen LogP contribution in [0.15, 0.2) is 73.1 Å². The van der Waals surface area contributed by atoms with Crippen molar-refractivity contribution in [1.82, 2.24) is 40.6 Å². The highest BCUT2D eigenvalue weighted by atomic mass is 16.7. The molecule has 16 nitrogen and oxygen atoms in total. The van der Waals surface area contributed by atoms with Crippen molar-refractivity contribution in [2.24, 2.45) is 11.8 Å². The smallest absolute Gasteiger partial charge is 0.425 e. The molecule has 1 saturated carbocycles. The quantitative estimate of drug-likeness (QED) is 0.102. The SMILES string of the molecule is COC(=O)N[C@H](C(=O)N1CC2(CC1c1ncc(-c3ccc(-c4ccc5cc(-c6cnc(C7CCCCC7C(=O)N(NC(=O)OC)C(C)C)[nH]6)ccc5c4)cc3)[nH]1)OCCO2)C(C)C. The number of alkyl carbamates (subject to hydrolysis) is 1. The second-order valence-corrected chi connectivity index (χ2v) is 17.3. The molecule has 0 radical (unpaired) electrons. The number of carbonyl (C=O) groups excluding carboxylic acids is 4. The molecular formula is C47H56N8O8. The third-order valence-electron chi connectivity index (χ3n) is 12.6. The molecule has 0 bridgehead atoms. The predicted octanol–water partition coefficient (Wildman–Crippen LogP) is 7.47. The number of hydrogen-bond acceptors (Lipinski definition) is 10. The highest BCUT2D eigenvalue weighted by molar-refractivity contribution is 5.91. The van der Waals surface area contributed by atoms with E-state index in [0.717, 1.165) is 69.5 Å². The lowest BCUT2D eigenvalue weighted by Gasteiger charge is -2.35. The summed E-state index contributed by atoms with van der Waals surface area (Å²) in [5.41, 5.74) is 8.34. The molecule has 1 spiro atoms. The maximum Gasteiger partial charge on any atom is 0.425 e. The Kier molecular flexibility index (Phi) is 12.6. The van der Waals surface area contributed by atoms with E-state index in [4.69, 9.17) is 28.9 Å².